The second kappa shape index (κ2) is 6.37. The minimum absolute atomic E-state index is 0.190. The Morgan fingerprint density at radius 2 is 1.69 bits per heavy atom. The maximum atomic E-state index is 13.0. The highest BCUT2D eigenvalue weighted by Crippen LogP contribution is 2.42. The van der Waals surface area contributed by atoms with Crippen LogP contribution in [0.15, 0.2) is 42.5 Å². The van der Waals surface area contributed by atoms with Gasteiger partial charge in [-0.2, -0.15) is 0 Å². The molecule has 6 nitrogen and oxygen atoms in total. The lowest BCUT2D eigenvalue weighted by Gasteiger charge is -2.43. The average Bonchev–Trinajstić information content (AvgIpc) is 2.67. The number of carbonyl (C=O) groups is 2. The molecule has 2 aromatic carbocycles. The number of carbonyl (C=O) groups excluding carboxylic acids is 2. The van der Waals surface area contributed by atoms with Gasteiger partial charge in [-0.3, -0.25) is 4.79 Å². The Morgan fingerprint density at radius 1 is 1.00 bits per heavy atom. The number of fused-ring (bicyclic) bond motifs is 3. The minimum Gasteiger partial charge on any atom is -0.493 e. The molecule has 26 heavy (non-hydrogen) atoms. The van der Waals surface area contributed by atoms with E-state index in [2.05, 4.69) is 0 Å². The first-order valence-electron chi connectivity index (χ1n) is 8.57. The van der Waals surface area contributed by atoms with Crippen LogP contribution in [0.2, 0.25) is 0 Å². The summed E-state index contributed by atoms with van der Waals surface area (Å²) < 4.78 is 10.8. The molecule has 134 valence electrons. The van der Waals surface area contributed by atoms with Crippen molar-refractivity contribution in [1.29, 1.82) is 0 Å². The van der Waals surface area contributed by atoms with Gasteiger partial charge in [-0.25, -0.2) is 9.69 Å². The molecule has 1 fully saturated rings. The normalized spacial score (nSPS) is 19.1. The number of rotatable bonds is 3. The molecule has 2 aromatic rings. The van der Waals surface area contributed by atoms with E-state index in [9.17, 15) is 9.59 Å². The summed E-state index contributed by atoms with van der Waals surface area (Å²) in [6, 6.07) is 12.4. The van der Waals surface area contributed by atoms with Gasteiger partial charge in [-0.15, -0.1) is 0 Å². The molecule has 0 radical (unpaired) electrons. The third kappa shape index (κ3) is 2.49. The van der Waals surface area contributed by atoms with Gasteiger partial charge in [0, 0.05) is 6.54 Å². The van der Waals surface area contributed by atoms with Crippen LogP contribution >= 0.6 is 0 Å². The van der Waals surface area contributed by atoms with Crippen molar-refractivity contribution < 1.29 is 19.1 Å². The number of imide groups is 1. The van der Waals surface area contributed by atoms with Gasteiger partial charge in [-0.05, 0) is 41.8 Å². The highest BCUT2D eigenvalue weighted by Gasteiger charge is 2.43. The molecule has 3 amide bonds. The van der Waals surface area contributed by atoms with Crippen LogP contribution in [0.25, 0.3) is 0 Å². The summed E-state index contributed by atoms with van der Waals surface area (Å²) in [6.07, 6.45) is 0.970. The topological polar surface area (TPSA) is 59.1 Å². The molecule has 6 heteroatoms. The number of nitrogens with zero attached hydrogens (tertiary/aromatic N) is 2. The number of hydrogen-bond donors (Lipinski definition) is 0. The molecule has 2 aliphatic rings. The van der Waals surface area contributed by atoms with Crippen molar-refractivity contribution in [3.63, 3.8) is 0 Å². The summed E-state index contributed by atoms with van der Waals surface area (Å²) in [5.74, 6) is 1.09. The fourth-order valence-corrected chi connectivity index (χ4v) is 3.80. The van der Waals surface area contributed by atoms with Crippen LogP contribution in [0.3, 0.4) is 0 Å². The molecule has 0 bridgehead atoms. The van der Waals surface area contributed by atoms with E-state index in [0.29, 0.717) is 23.7 Å². The Labute approximate surface area is 151 Å². The van der Waals surface area contributed by atoms with Crippen molar-refractivity contribution in [3.05, 3.63) is 53.6 Å². The van der Waals surface area contributed by atoms with E-state index in [1.807, 2.05) is 30.3 Å². The zero-order valence-corrected chi connectivity index (χ0v) is 14.8. The first-order chi connectivity index (χ1) is 12.6. The van der Waals surface area contributed by atoms with E-state index in [0.717, 1.165) is 17.5 Å². The highest BCUT2D eigenvalue weighted by atomic mass is 16.5. The van der Waals surface area contributed by atoms with Gasteiger partial charge in [0.1, 0.15) is 0 Å². The summed E-state index contributed by atoms with van der Waals surface area (Å²) in [4.78, 5) is 28.9. The standard InChI is InChI=1S/C20H20N2O4/c1-25-17-10-13-8-9-21-16(15(13)11-18(17)26-2)12-19(23)22(20(21)24)14-6-4-3-5-7-14/h3-7,10-11,16H,8-9,12H2,1-2H3. The molecule has 1 saturated heterocycles. The Bertz CT molecular complexity index is 866. The quantitative estimate of drug-likeness (QED) is 0.851. The summed E-state index contributed by atoms with van der Waals surface area (Å²) >= 11 is 0. The Morgan fingerprint density at radius 3 is 2.38 bits per heavy atom. The maximum Gasteiger partial charge on any atom is 0.331 e. The van der Waals surface area contributed by atoms with Crippen molar-refractivity contribution in [2.24, 2.45) is 0 Å². The number of benzene rings is 2. The largest absolute Gasteiger partial charge is 0.493 e. The molecule has 2 aliphatic heterocycles. The van der Waals surface area contributed by atoms with Gasteiger partial charge in [0.2, 0.25) is 5.91 Å². The molecule has 0 aromatic heterocycles. The van der Waals surface area contributed by atoms with Crippen LogP contribution in [-0.4, -0.2) is 37.6 Å². The fraction of sp³-hybridized carbons (Fsp3) is 0.300. The zero-order chi connectivity index (χ0) is 18.3. The second-order valence-electron chi connectivity index (χ2n) is 6.42. The molecule has 4 rings (SSSR count). The molecular formula is C20H20N2O4. The molecule has 0 spiro atoms. The van der Waals surface area contributed by atoms with Gasteiger partial charge >= 0.3 is 6.03 Å². The van der Waals surface area contributed by atoms with Crippen LogP contribution in [0.4, 0.5) is 10.5 Å². The van der Waals surface area contributed by atoms with Crippen LogP contribution in [0, 0.1) is 0 Å². The molecule has 0 N–H and O–H groups in total. The summed E-state index contributed by atoms with van der Waals surface area (Å²) in [7, 11) is 3.18. The van der Waals surface area contributed by atoms with E-state index in [-0.39, 0.29) is 24.4 Å². The van der Waals surface area contributed by atoms with E-state index >= 15 is 0 Å². The predicted molar refractivity (Wildman–Crippen MR) is 96.6 cm³/mol. The second-order valence-corrected chi connectivity index (χ2v) is 6.42. The van der Waals surface area contributed by atoms with Crippen molar-refractivity contribution in [2.45, 2.75) is 18.9 Å². The van der Waals surface area contributed by atoms with E-state index in [1.165, 1.54) is 4.90 Å². The average molecular weight is 352 g/mol. The number of anilines is 1. The highest BCUT2D eigenvalue weighted by molar-refractivity contribution is 6.16. The third-order valence-corrected chi connectivity index (χ3v) is 5.07. The number of methoxy groups -OCH3 is 2. The summed E-state index contributed by atoms with van der Waals surface area (Å²) in [6.45, 7) is 0.572. The molecule has 1 unspecified atom stereocenters. The predicted octanol–water partition coefficient (Wildman–Crippen LogP) is 3.16. The van der Waals surface area contributed by atoms with Crippen LogP contribution in [0.1, 0.15) is 23.6 Å². The lowest BCUT2D eigenvalue weighted by Crippen LogP contribution is -2.55. The van der Waals surface area contributed by atoms with Gasteiger partial charge < -0.3 is 14.4 Å². The molecule has 1 atom stereocenters. The van der Waals surface area contributed by atoms with E-state index in [4.69, 9.17) is 9.47 Å². The lowest BCUT2D eigenvalue weighted by atomic mass is 9.88. The van der Waals surface area contributed by atoms with Crippen LogP contribution in [0.5, 0.6) is 11.5 Å². The van der Waals surface area contributed by atoms with Gasteiger partial charge in [0.25, 0.3) is 0 Å². The van der Waals surface area contributed by atoms with Gasteiger partial charge in [0.05, 0.1) is 32.4 Å². The van der Waals surface area contributed by atoms with Gasteiger partial charge in [0.15, 0.2) is 11.5 Å². The summed E-state index contributed by atoms with van der Waals surface area (Å²) in [5, 5.41) is 0. The lowest BCUT2D eigenvalue weighted by molar-refractivity contribution is -0.120. The van der Waals surface area contributed by atoms with E-state index < -0.39 is 0 Å². The third-order valence-electron chi connectivity index (χ3n) is 5.07. The first kappa shape index (κ1) is 16.4. The fourth-order valence-electron chi connectivity index (χ4n) is 3.80. The Kier molecular flexibility index (Phi) is 4.03. The summed E-state index contributed by atoms with van der Waals surface area (Å²) in [5.41, 5.74) is 2.67. The maximum absolute atomic E-state index is 13.0. The Balaban J connectivity index is 1.72. The van der Waals surface area contributed by atoms with Crippen molar-refractivity contribution in [2.75, 3.05) is 25.7 Å². The number of hydrogen-bond acceptors (Lipinski definition) is 4. The van der Waals surface area contributed by atoms with Crippen molar-refractivity contribution in [1.82, 2.24) is 4.90 Å². The van der Waals surface area contributed by atoms with Gasteiger partial charge in [-0.1, -0.05) is 18.2 Å². The molecular weight excluding hydrogens is 332 g/mol. The molecule has 0 saturated carbocycles. The number of ether oxygens (including phenoxy) is 2. The zero-order valence-electron chi connectivity index (χ0n) is 14.8. The Hall–Kier alpha value is -3.02. The van der Waals surface area contributed by atoms with Crippen LogP contribution < -0.4 is 14.4 Å². The van der Waals surface area contributed by atoms with Crippen LogP contribution in [-0.2, 0) is 11.2 Å². The smallest absolute Gasteiger partial charge is 0.331 e. The number of urea groups is 1. The number of amides is 3. The monoisotopic (exact) mass is 352 g/mol. The molecule has 2 heterocycles. The molecule has 0 aliphatic carbocycles. The number of para-hydroxylation sites is 1. The van der Waals surface area contributed by atoms with Crippen molar-refractivity contribution >= 4 is 17.6 Å². The first-order valence-corrected chi connectivity index (χ1v) is 8.57. The van der Waals surface area contributed by atoms with E-state index in [1.54, 1.807) is 31.3 Å². The van der Waals surface area contributed by atoms with Crippen molar-refractivity contribution in [3.8, 4) is 11.5 Å². The SMILES string of the molecule is COc1cc2c(cc1OC)C1CC(=O)N(c3ccccc3)C(=O)N1CC2. The minimum atomic E-state index is -0.266.